The summed E-state index contributed by atoms with van der Waals surface area (Å²) in [4.78, 5) is 27.0. The molecule has 0 aliphatic carbocycles. The number of amides is 2. The van der Waals surface area contributed by atoms with Gasteiger partial charge in [-0.25, -0.2) is 0 Å². The van der Waals surface area contributed by atoms with Crippen LogP contribution in [0.5, 0.6) is 0 Å². The summed E-state index contributed by atoms with van der Waals surface area (Å²) < 4.78 is 5.46. The first-order valence-corrected chi connectivity index (χ1v) is 10.0. The number of hydrogen-bond donors (Lipinski definition) is 2. The van der Waals surface area contributed by atoms with Crippen LogP contribution in [-0.4, -0.2) is 56.1 Å². The minimum atomic E-state index is -0.240. The Morgan fingerprint density at radius 1 is 1.00 bits per heavy atom. The van der Waals surface area contributed by atoms with E-state index in [9.17, 15) is 9.59 Å². The third kappa shape index (κ3) is 5.89. The number of rotatable bonds is 7. The zero-order valence-corrected chi connectivity index (χ0v) is 17.1. The zero-order chi connectivity index (χ0) is 20.6. The van der Waals surface area contributed by atoms with Gasteiger partial charge in [0, 0.05) is 25.2 Å². The lowest BCUT2D eigenvalue weighted by Crippen LogP contribution is -2.45. The molecule has 2 amide bonds. The molecule has 6 nitrogen and oxygen atoms in total. The maximum atomic E-state index is 12.3. The maximum Gasteiger partial charge on any atom is 0.251 e. The van der Waals surface area contributed by atoms with Crippen molar-refractivity contribution >= 4 is 11.8 Å². The van der Waals surface area contributed by atoms with Crippen molar-refractivity contribution in [1.29, 1.82) is 0 Å². The quantitative estimate of drug-likeness (QED) is 0.754. The number of nitrogens with zero attached hydrogens (tertiary/aromatic N) is 1. The Hall–Kier alpha value is -2.70. The molecule has 2 aromatic carbocycles. The van der Waals surface area contributed by atoms with Crippen molar-refractivity contribution in [1.82, 2.24) is 15.5 Å². The molecule has 0 saturated carbocycles. The molecule has 1 aliphatic heterocycles. The summed E-state index contributed by atoms with van der Waals surface area (Å²) >= 11 is 0. The van der Waals surface area contributed by atoms with Crippen LogP contribution >= 0.6 is 0 Å². The highest BCUT2D eigenvalue weighted by atomic mass is 16.5. The monoisotopic (exact) mass is 395 g/mol. The molecule has 0 radical (unpaired) electrons. The van der Waals surface area contributed by atoms with Crippen LogP contribution in [-0.2, 0) is 9.53 Å². The minimum absolute atomic E-state index is 0.0453. The third-order valence-corrected chi connectivity index (χ3v) is 5.34. The van der Waals surface area contributed by atoms with Crippen molar-refractivity contribution in [2.45, 2.75) is 19.9 Å². The number of nitrogens with one attached hydrogen (secondary N) is 2. The van der Waals surface area contributed by atoms with Gasteiger partial charge < -0.3 is 15.4 Å². The van der Waals surface area contributed by atoms with Gasteiger partial charge in [0.05, 0.1) is 25.8 Å². The molecule has 1 atom stereocenters. The fourth-order valence-corrected chi connectivity index (χ4v) is 3.44. The molecule has 0 aromatic heterocycles. The van der Waals surface area contributed by atoms with Gasteiger partial charge in [0.2, 0.25) is 5.91 Å². The Kier molecular flexibility index (Phi) is 7.38. The van der Waals surface area contributed by atoms with Crippen LogP contribution in [0.25, 0.3) is 0 Å². The average Bonchev–Trinajstić information content (AvgIpc) is 2.75. The van der Waals surface area contributed by atoms with E-state index in [0.29, 0.717) is 25.3 Å². The summed E-state index contributed by atoms with van der Waals surface area (Å²) in [5.74, 6) is -0.438. The molecule has 3 rings (SSSR count). The Morgan fingerprint density at radius 2 is 1.72 bits per heavy atom. The van der Waals surface area contributed by atoms with Crippen LogP contribution in [0.2, 0.25) is 0 Å². The van der Waals surface area contributed by atoms with Gasteiger partial charge in [-0.1, -0.05) is 36.4 Å². The summed E-state index contributed by atoms with van der Waals surface area (Å²) in [5.41, 5.74) is 3.91. The van der Waals surface area contributed by atoms with Crippen LogP contribution in [0.1, 0.15) is 33.1 Å². The molecular formula is C23H29N3O3. The van der Waals surface area contributed by atoms with Crippen molar-refractivity contribution < 1.29 is 14.3 Å². The molecule has 6 heteroatoms. The highest BCUT2D eigenvalue weighted by Gasteiger charge is 2.23. The van der Waals surface area contributed by atoms with Crippen molar-refractivity contribution in [3.05, 3.63) is 70.8 Å². The second-order valence-electron chi connectivity index (χ2n) is 7.36. The lowest BCUT2D eigenvalue weighted by atomic mass is 10.0. The minimum Gasteiger partial charge on any atom is -0.379 e. The molecular weight excluding hydrogens is 366 g/mol. The summed E-state index contributed by atoms with van der Waals surface area (Å²) in [7, 11) is 0. The Bertz CT molecular complexity index is 833. The molecule has 2 N–H and O–H groups in total. The second kappa shape index (κ2) is 10.2. The van der Waals surface area contributed by atoms with Gasteiger partial charge in [0.15, 0.2) is 0 Å². The van der Waals surface area contributed by atoms with Crippen molar-refractivity contribution in [2.75, 3.05) is 39.4 Å². The summed E-state index contributed by atoms with van der Waals surface area (Å²) in [6.07, 6.45) is 0. The number of morpholine rings is 1. The van der Waals surface area contributed by atoms with Crippen LogP contribution in [0, 0.1) is 13.8 Å². The van der Waals surface area contributed by atoms with Crippen LogP contribution < -0.4 is 10.6 Å². The predicted octanol–water partition coefficient (Wildman–Crippen LogP) is 2.22. The predicted molar refractivity (Wildman–Crippen MR) is 113 cm³/mol. The third-order valence-electron chi connectivity index (χ3n) is 5.34. The van der Waals surface area contributed by atoms with E-state index >= 15 is 0 Å². The molecule has 154 valence electrons. The molecule has 1 unspecified atom stereocenters. The fourth-order valence-electron chi connectivity index (χ4n) is 3.44. The van der Waals surface area contributed by atoms with E-state index in [1.807, 2.05) is 44.2 Å². The standard InChI is InChI=1S/C23H29N3O3/c1-17-8-9-20(14-18(17)2)23(28)25-16-22(27)24-15-21(19-6-4-3-5-7-19)26-10-12-29-13-11-26/h3-9,14,21H,10-13,15-16H2,1-2H3,(H,24,27)(H,25,28). The second-order valence-corrected chi connectivity index (χ2v) is 7.36. The highest BCUT2D eigenvalue weighted by Crippen LogP contribution is 2.21. The Balaban J connectivity index is 1.54. The van der Waals surface area contributed by atoms with Gasteiger partial charge in [0.1, 0.15) is 0 Å². The van der Waals surface area contributed by atoms with Gasteiger partial charge >= 0.3 is 0 Å². The first-order valence-electron chi connectivity index (χ1n) is 10.0. The van der Waals surface area contributed by atoms with E-state index in [0.717, 1.165) is 29.8 Å². The Morgan fingerprint density at radius 3 is 2.41 bits per heavy atom. The number of carbonyl (C=O) groups is 2. The van der Waals surface area contributed by atoms with Gasteiger partial charge in [0.25, 0.3) is 5.91 Å². The van der Waals surface area contributed by atoms with Crippen LogP contribution in [0.3, 0.4) is 0 Å². The molecule has 1 aliphatic rings. The topological polar surface area (TPSA) is 70.7 Å². The van der Waals surface area contributed by atoms with E-state index in [2.05, 4.69) is 27.7 Å². The van der Waals surface area contributed by atoms with E-state index in [4.69, 9.17) is 4.74 Å². The van der Waals surface area contributed by atoms with Crippen molar-refractivity contribution in [3.63, 3.8) is 0 Å². The number of benzene rings is 2. The first-order chi connectivity index (χ1) is 14.0. The molecule has 2 aromatic rings. The summed E-state index contributed by atoms with van der Waals surface area (Å²) in [5, 5.41) is 5.67. The number of aryl methyl sites for hydroxylation is 2. The Labute approximate surface area is 172 Å². The average molecular weight is 396 g/mol. The maximum absolute atomic E-state index is 12.3. The number of ether oxygens (including phenoxy) is 1. The zero-order valence-electron chi connectivity index (χ0n) is 17.1. The van der Waals surface area contributed by atoms with Gasteiger partial charge in [-0.05, 0) is 42.7 Å². The number of carbonyl (C=O) groups excluding carboxylic acids is 2. The van der Waals surface area contributed by atoms with E-state index in [1.165, 1.54) is 0 Å². The first kappa shape index (κ1) is 21.0. The largest absolute Gasteiger partial charge is 0.379 e. The van der Waals surface area contributed by atoms with Crippen molar-refractivity contribution in [2.24, 2.45) is 0 Å². The number of hydrogen-bond acceptors (Lipinski definition) is 4. The van der Waals surface area contributed by atoms with E-state index in [1.54, 1.807) is 6.07 Å². The highest BCUT2D eigenvalue weighted by molar-refractivity contribution is 5.96. The van der Waals surface area contributed by atoms with Crippen molar-refractivity contribution in [3.8, 4) is 0 Å². The lowest BCUT2D eigenvalue weighted by molar-refractivity contribution is -0.120. The molecule has 0 spiro atoms. The van der Waals surface area contributed by atoms with Crippen LogP contribution in [0.15, 0.2) is 48.5 Å². The molecule has 0 bridgehead atoms. The summed E-state index contributed by atoms with van der Waals surface area (Å²) in [6.45, 7) is 7.47. The van der Waals surface area contributed by atoms with E-state index < -0.39 is 0 Å². The molecule has 1 heterocycles. The molecule has 1 saturated heterocycles. The van der Waals surface area contributed by atoms with Gasteiger partial charge in [-0.15, -0.1) is 0 Å². The molecule has 1 fully saturated rings. The summed E-state index contributed by atoms with van der Waals surface area (Å²) in [6, 6.07) is 15.8. The fraction of sp³-hybridized carbons (Fsp3) is 0.391. The normalized spacial score (nSPS) is 15.5. The van der Waals surface area contributed by atoms with Gasteiger partial charge in [-0.2, -0.15) is 0 Å². The smallest absolute Gasteiger partial charge is 0.251 e. The lowest BCUT2D eigenvalue weighted by Gasteiger charge is -2.35. The SMILES string of the molecule is Cc1ccc(C(=O)NCC(=O)NCC(c2ccccc2)N2CCOCC2)cc1C. The van der Waals surface area contributed by atoms with Crippen LogP contribution in [0.4, 0.5) is 0 Å². The van der Waals surface area contributed by atoms with Gasteiger partial charge in [-0.3, -0.25) is 14.5 Å². The molecule has 29 heavy (non-hydrogen) atoms. The van der Waals surface area contributed by atoms with E-state index in [-0.39, 0.29) is 24.4 Å².